The number of carbonyl (C=O) groups is 1. The van der Waals surface area contributed by atoms with Gasteiger partial charge in [-0.15, -0.1) is 0 Å². The number of rotatable bonds is 1. The topological polar surface area (TPSA) is 64.3 Å². The van der Waals surface area contributed by atoms with Crippen LogP contribution in [-0.2, 0) is 0 Å². The summed E-state index contributed by atoms with van der Waals surface area (Å²) in [5.41, 5.74) is 5.74. The number of hydrogen-bond acceptors (Lipinski definition) is 3. The molecule has 0 saturated heterocycles. The number of amides is 1. The average Bonchev–Trinajstić information content (AvgIpc) is 2.13. The lowest BCUT2D eigenvalue weighted by atomic mass is 10.3. The fraction of sp³-hybridized carbons (Fsp3) is 0.125. The highest BCUT2D eigenvalue weighted by atomic mass is 35.5. The van der Waals surface area contributed by atoms with Crippen LogP contribution in [0.2, 0.25) is 10.0 Å². The number of benzene rings is 1. The van der Waals surface area contributed by atoms with Gasteiger partial charge in [0, 0.05) is 18.1 Å². The van der Waals surface area contributed by atoms with E-state index in [1.54, 1.807) is 0 Å². The van der Waals surface area contributed by atoms with Gasteiger partial charge < -0.3 is 15.8 Å². The van der Waals surface area contributed by atoms with E-state index in [2.05, 4.69) is 5.32 Å². The van der Waals surface area contributed by atoms with Crippen molar-refractivity contribution >= 4 is 35.0 Å². The van der Waals surface area contributed by atoms with Crippen LogP contribution in [0.5, 0.6) is 5.75 Å². The molecule has 0 radical (unpaired) electrons. The van der Waals surface area contributed by atoms with Crippen LogP contribution in [0.3, 0.4) is 0 Å². The van der Waals surface area contributed by atoms with Gasteiger partial charge in [-0.1, -0.05) is 23.2 Å². The lowest BCUT2D eigenvalue weighted by Crippen LogP contribution is -2.22. The predicted molar refractivity (Wildman–Crippen MR) is 56.0 cm³/mol. The second-order valence-electron chi connectivity index (χ2n) is 2.44. The van der Waals surface area contributed by atoms with E-state index in [1.807, 2.05) is 0 Å². The molecule has 0 atom stereocenters. The molecule has 0 bridgehead atoms. The van der Waals surface area contributed by atoms with Crippen LogP contribution in [0.1, 0.15) is 0 Å². The summed E-state index contributed by atoms with van der Waals surface area (Å²) in [5.74, 6) is 0.141. The van der Waals surface area contributed by atoms with Crippen LogP contribution in [0.25, 0.3) is 0 Å². The van der Waals surface area contributed by atoms with Crippen molar-refractivity contribution in [3.05, 3.63) is 22.2 Å². The van der Waals surface area contributed by atoms with E-state index in [9.17, 15) is 4.79 Å². The first kappa shape index (κ1) is 10.9. The van der Waals surface area contributed by atoms with Crippen molar-refractivity contribution in [2.75, 3.05) is 12.8 Å². The highest BCUT2D eigenvalue weighted by Gasteiger charge is 2.10. The van der Waals surface area contributed by atoms with Crippen molar-refractivity contribution in [1.29, 1.82) is 0 Å². The van der Waals surface area contributed by atoms with E-state index >= 15 is 0 Å². The summed E-state index contributed by atoms with van der Waals surface area (Å²) >= 11 is 11.4. The van der Waals surface area contributed by atoms with E-state index in [0.717, 1.165) is 0 Å². The molecule has 0 fully saturated rings. The molecule has 14 heavy (non-hydrogen) atoms. The zero-order chi connectivity index (χ0) is 10.7. The Balaban J connectivity index is 3.02. The number of nitrogens with one attached hydrogen (secondary N) is 1. The van der Waals surface area contributed by atoms with E-state index < -0.39 is 6.09 Å². The van der Waals surface area contributed by atoms with Crippen molar-refractivity contribution < 1.29 is 9.53 Å². The molecule has 1 aromatic rings. The molecule has 0 aliphatic heterocycles. The van der Waals surface area contributed by atoms with Crippen LogP contribution < -0.4 is 15.8 Å². The molecule has 1 aromatic carbocycles. The highest BCUT2D eigenvalue weighted by molar-refractivity contribution is 6.36. The maximum absolute atomic E-state index is 10.9. The molecule has 0 saturated carbocycles. The first-order valence-corrected chi connectivity index (χ1v) is 4.44. The first-order chi connectivity index (χ1) is 6.54. The summed E-state index contributed by atoms with van der Waals surface area (Å²) in [7, 11) is 1.44. The molecule has 0 heterocycles. The second-order valence-corrected chi connectivity index (χ2v) is 3.28. The van der Waals surface area contributed by atoms with Gasteiger partial charge in [0.2, 0.25) is 0 Å². The highest BCUT2D eigenvalue weighted by Crippen LogP contribution is 2.33. The third-order valence-corrected chi connectivity index (χ3v) is 1.99. The van der Waals surface area contributed by atoms with E-state index in [0.29, 0.717) is 5.02 Å². The Hall–Kier alpha value is -1.13. The minimum atomic E-state index is -0.630. The first-order valence-electron chi connectivity index (χ1n) is 3.68. The summed E-state index contributed by atoms with van der Waals surface area (Å²) in [6, 6.07) is 2.88. The lowest BCUT2D eigenvalue weighted by molar-refractivity contribution is 0.203. The van der Waals surface area contributed by atoms with E-state index in [4.69, 9.17) is 33.7 Å². The van der Waals surface area contributed by atoms with Crippen LogP contribution in [-0.4, -0.2) is 13.1 Å². The van der Waals surface area contributed by atoms with Gasteiger partial charge in [0.25, 0.3) is 0 Å². The van der Waals surface area contributed by atoms with Crippen LogP contribution in [0.15, 0.2) is 12.1 Å². The SMILES string of the molecule is CNC(=O)Oc1cc(Cl)cc(Cl)c1N. The minimum Gasteiger partial charge on any atom is -0.408 e. The molecule has 0 unspecified atom stereocenters. The third kappa shape index (κ3) is 2.43. The van der Waals surface area contributed by atoms with Gasteiger partial charge in [0.1, 0.15) is 0 Å². The summed E-state index contributed by atoms with van der Waals surface area (Å²) in [6.07, 6.45) is -0.630. The number of ether oxygens (including phenoxy) is 1. The molecule has 3 N–H and O–H groups in total. The minimum absolute atomic E-state index is 0.141. The monoisotopic (exact) mass is 234 g/mol. The Kier molecular flexibility index (Phi) is 3.43. The van der Waals surface area contributed by atoms with Gasteiger partial charge >= 0.3 is 6.09 Å². The summed E-state index contributed by atoms with van der Waals surface area (Å²) < 4.78 is 4.81. The normalized spacial score (nSPS) is 9.64. The van der Waals surface area contributed by atoms with Crippen molar-refractivity contribution in [1.82, 2.24) is 5.32 Å². The summed E-state index contributed by atoms with van der Waals surface area (Å²) in [4.78, 5) is 10.9. The van der Waals surface area contributed by atoms with Crippen LogP contribution in [0, 0.1) is 0 Å². The third-order valence-electron chi connectivity index (χ3n) is 1.46. The number of anilines is 1. The average molecular weight is 235 g/mol. The fourth-order valence-electron chi connectivity index (χ4n) is 0.797. The van der Waals surface area contributed by atoms with Gasteiger partial charge in [-0.3, -0.25) is 0 Å². The van der Waals surface area contributed by atoms with Crippen molar-refractivity contribution in [2.45, 2.75) is 0 Å². The number of halogens is 2. The zero-order valence-corrected chi connectivity index (χ0v) is 8.82. The molecule has 0 spiro atoms. The van der Waals surface area contributed by atoms with E-state index in [1.165, 1.54) is 19.2 Å². The summed E-state index contributed by atoms with van der Waals surface area (Å²) in [6.45, 7) is 0. The van der Waals surface area contributed by atoms with Crippen molar-refractivity contribution in [3.63, 3.8) is 0 Å². The van der Waals surface area contributed by atoms with Crippen LogP contribution >= 0.6 is 23.2 Å². The van der Waals surface area contributed by atoms with Gasteiger partial charge in [-0.05, 0) is 6.07 Å². The quantitative estimate of drug-likeness (QED) is 0.734. The standard InChI is InChI=1S/C8H8Cl2N2O2/c1-12-8(13)14-6-3-4(9)2-5(10)7(6)11/h2-3H,11H2,1H3,(H,12,13). The molecule has 1 amide bonds. The zero-order valence-electron chi connectivity index (χ0n) is 7.30. The van der Waals surface area contributed by atoms with Crippen molar-refractivity contribution in [2.24, 2.45) is 0 Å². The molecule has 0 aliphatic carbocycles. The number of carbonyl (C=O) groups excluding carboxylic acids is 1. The largest absolute Gasteiger partial charge is 0.412 e. The molecule has 76 valence electrons. The Labute approximate surface area is 90.9 Å². The number of nitrogen functional groups attached to an aromatic ring is 1. The molecule has 6 heteroatoms. The van der Waals surface area contributed by atoms with Gasteiger partial charge in [-0.2, -0.15) is 0 Å². The van der Waals surface area contributed by atoms with Gasteiger partial charge in [0.05, 0.1) is 10.7 Å². The van der Waals surface area contributed by atoms with Crippen LogP contribution in [0.4, 0.5) is 10.5 Å². The Bertz CT molecular complexity index is 369. The molecule has 1 rings (SSSR count). The Morgan fingerprint density at radius 2 is 2.14 bits per heavy atom. The summed E-state index contributed by atoms with van der Waals surface area (Å²) in [5, 5.41) is 2.87. The molecular formula is C8H8Cl2N2O2. The van der Waals surface area contributed by atoms with E-state index in [-0.39, 0.29) is 16.5 Å². The lowest BCUT2D eigenvalue weighted by Gasteiger charge is -2.08. The van der Waals surface area contributed by atoms with Crippen molar-refractivity contribution in [3.8, 4) is 5.75 Å². The predicted octanol–water partition coefficient (Wildman–Crippen LogP) is 2.29. The molecular weight excluding hydrogens is 227 g/mol. The fourth-order valence-corrected chi connectivity index (χ4v) is 1.27. The smallest absolute Gasteiger partial charge is 0.408 e. The second kappa shape index (κ2) is 4.39. The Morgan fingerprint density at radius 3 is 2.71 bits per heavy atom. The molecule has 0 aromatic heterocycles. The Morgan fingerprint density at radius 1 is 1.50 bits per heavy atom. The maximum Gasteiger partial charge on any atom is 0.412 e. The van der Waals surface area contributed by atoms with Gasteiger partial charge in [0.15, 0.2) is 5.75 Å². The van der Waals surface area contributed by atoms with Gasteiger partial charge in [-0.25, -0.2) is 4.79 Å². The molecule has 4 nitrogen and oxygen atoms in total. The number of hydrogen-bond donors (Lipinski definition) is 2. The maximum atomic E-state index is 10.9. The molecule has 0 aliphatic rings. The number of nitrogens with two attached hydrogens (primary N) is 1.